The van der Waals surface area contributed by atoms with E-state index < -0.39 is 6.03 Å². The summed E-state index contributed by atoms with van der Waals surface area (Å²) < 4.78 is 0. The minimum absolute atomic E-state index is 0.357. The van der Waals surface area contributed by atoms with E-state index in [4.69, 9.17) is 5.73 Å². The third-order valence-corrected chi connectivity index (χ3v) is 3.68. The summed E-state index contributed by atoms with van der Waals surface area (Å²) in [5.41, 5.74) is 6.11. The summed E-state index contributed by atoms with van der Waals surface area (Å²) >= 11 is 0. The van der Waals surface area contributed by atoms with Crippen LogP contribution in [0, 0.1) is 0 Å². The summed E-state index contributed by atoms with van der Waals surface area (Å²) in [5, 5.41) is 4.49. The van der Waals surface area contributed by atoms with Gasteiger partial charge in [-0.05, 0) is 23.8 Å². The number of carbonyl (C=O) groups is 2. The maximum Gasteiger partial charge on any atom is 0.319 e. The van der Waals surface area contributed by atoms with Gasteiger partial charge in [-0.25, -0.2) is 4.79 Å². The number of urea groups is 1. The molecule has 4 N–H and O–H groups in total. The minimum Gasteiger partial charge on any atom is -0.351 e. The molecule has 1 unspecified atom stereocenters. The third-order valence-electron chi connectivity index (χ3n) is 3.68. The molecular formula is C16H20N3O2+. The van der Waals surface area contributed by atoms with E-state index in [1.165, 1.54) is 10.8 Å². The topological polar surface area (TPSA) is 76.6 Å². The Bertz CT molecular complexity index is 669. The Labute approximate surface area is 123 Å². The fourth-order valence-corrected chi connectivity index (χ4v) is 2.28. The van der Waals surface area contributed by atoms with Gasteiger partial charge in [0.1, 0.15) is 6.54 Å². The molecule has 0 saturated heterocycles. The molecule has 0 heterocycles. The molecule has 0 aliphatic carbocycles. The summed E-state index contributed by atoms with van der Waals surface area (Å²) in [7, 11) is 1.92. The lowest BCUT2D eigenvalue weighted by molar-refractivity contribution is -0.908. The molecule has 5 nitrogen and oxygen atoms in total. The predicted octanol–water partition coefficient (Wildman–Crippen LogP) is 0.438. The van der Waals surface area contributed by atoms with Crippen molar-refractivity contribution in [1.29, 1.82) is 0 Å². The fourth-order valence-electron chi connectivity index (χ4n) is 2.28. The van der Waals surface area contributed by atoms with Crippen molar-refractivity contribution < 1.29 is 14.5 Å². The molecule has 0 saturated carbocycles. The van der Waals surface area contributed by atoms with Crippen LogP contribution in [0.1, 0.15) is 12.5 Å². The summed E-state index contributed by atoms with van der Waals surface area (Å²) in [6, 6.07) is 13.2. The van der Waals surface area contributed by atoms with Crippen molar-refractivity contribution >= 4 is 22.7 Å². The van der Waals surface area contributed by atoms with Gasteiger partial charge in [0.25, 0.3) is 5.91 Å². The number of amides is 3. The van der Waals surface area contributed by atoms with E-state index in [-0.39, 0.29) is 11.9 Å². The van der Waals surface area contributed by atoms with Gasteiger partial charge in [-0.15, -0.1) is 0 Å². The van der Waals surface area contributed by atoms with Crippen molar-refractivity contribution in [2.45, 2.75) is 19.5 Å². The van der Waals surface area contributed by atoms with Crippen molar-refractivity contribution in [3.63, 3.8) is 0 Å². The SMILES string of the molecule is C[C@H](C(=O)NC(N)=O)[NH+](C)Cc1ccc2ccccc2c1. The van der Waals surface area contributed by atoms with E-state index in [0.717, 1.165) is 10.5 Å². The Hall–Kier alpha value is -2.40. The maximum absolute atomic E-state index is 11.8. The molecule has 2 aromatic carbocycles. The molecule has 0 aromatic heterocycles. The molecule has 110 valence electrons. The third kappa shape index (κ3) is 3.79. The van der Waals surface area contributed by atoms with Gasteiger partial charge in [0.05, 0.1) is 7.05 Å². The maximum atomic E-state index is 11.8. The molecule has 0 bridgehead atoms. The number of nitrogens with two attached hydrogens (primary N) is 1. The number of hydrogen-bond donors (Lipinski definition) is 3. The lowest BCUT2D eigenvalue weighted by atomic mass is 10.1. The van der Waals surface area contributed by atoms with E-state index in [1.807, 2.05) is 19.2 Å². The van der Waals surface area contributed by atoms with Crippen LogP contribution in [-0.2, 0) is 11.3 Å². The van der Waals surface area contributed by atoms with E-state index in [1.54, 1.807) is 6.92 Å². The number of nitrogens with one attached hydrogen (secondary N) is 2. The highest BCUT2D eigenvalue weighted by Crippen LogP contribution is 2.14. The first-order valence-corrected chi connectivity index (χ1v) is 6.87. The Balaban J connectivity index is 2.08. The van der Waals surface area contributed by atoms with Crippen molar-refractivity contribution in [2.24, 2.45) is 5.73 Å². The number of primary amides is 1. The van der Waals surface area contributed by atoms with Crippen LogP contribution in [0.4, 0.5) is 4.79 Å². The second-order valence-electron chi connectivity index (χ2n) is 5.28. The van der Waals surface area contributed by atoms with Crippen LogP contribution in [0.25, 0.3) is 10.8 Å². The average molecular weight is 286 g/mol. The molecule has 21 heavy (non-hydrogen) atoms. The molecule has 5 heteroatoms. The lowest BCUT2D eigenvalue weighted by Crippen LogP contribution is -3.12. The smallest absolute Gasteiger partial charge is 0.319 e. The van der Waals surface area contributed by atoms with Crippen LogP contribution in [0.15, 0.2) is 42.5 Å². The molecule has 2 atom stereocenters. The van der Waals surface area contributed by atoms with Crippen LogP contribution < -0.4 is 16.0 Å². The highest BCUT2D eigenvalue weighted by atomic mass is 16.2. The Morgan fingerprint density at radius 3 is 2.52 bits per heavy atom. The van der Waals surface area contributed by atoms with Gasteiger partial charge in [0.15, 0.2) is 6.04 Å². The molecule has 2 rings (SSSR count). The normalized spacial score (nSPS) is 13.6. The van der Waals surface area contributed by atoms with E-state index >= 15 is 0 Å². The van der Waals surface area contributed by atoms with Gasteiger partial charge in [0.2, 0.25) is 0 Å². The highest BCUT2D eigenvalue weighted by Gasteiger charge is 2.22. The summed E-state index contributed by atoms with van der Waals surface area (Å²) in [5.74, 6) is -0.360. The average Bonchev–Trinajstić information content (AvgIpc) is 2.45. The zero-order valence-electron chi connectivity index (χ0n) is 12.2. The van der Waals surface area contributed by atoms with Crippen LogP contribution in [0.2, 0.25) is 0 Å². The highest BCUT2D eigenvalue weighted by molar-refractivity contribution is 5.95. The first kappa shape index (κ1) is 15.0. The number of rotatable bonds is 4. The number of quaternary nitrogens is 1. The number of fused-ring (bicyclic) bond motifs is 1. The van der Waals surface area contributed by atoms with E-state index in [2.05, 4.69) is 35.6 Å². The number of likely N-dealkylation sites (N-methyl/N-ethyl adjacent to an activating group) is 1. The Morgan fingerprint density at radius 1 is 1.19 bits per heavy atom. The standard InChI is InChI=1S/C16H19N3O2/c1-11(15(20)18-16(17)21)19(2)10-12-7-8-13-5-3-4-6-14(13)9-12/h3-9,11H,10H2,1-2H3,(H3,17,18,20,21)/p+1/t11-/m1/s1. The van der Waals surface area contributed by atoms with Crippen molar-refractivity contribution in [3.8, 4) is 0 Å². The van der Waals surface area contributed by atoms with Crippen LogP contribution >= 0.6 is 0 Å². The molecule has 0 aliphatic rings. The number of hydrogen-bond acceptors (Lipinski definition) is 2. The number of benzene rings is 2. The molecule has 0 radical (unpaired) electrons. The first-order chi connectivity index (χ1) is 9.97. The number of imide groups is 1. The molecule has 0 aliphatic heterocycles. The fraction of sp³-hybridized carbons (Fsp3) is 0.250. The summed E-state index contributed by atoms with van der Waals surface area (Å²) in [6.07, 6.45) is 0. The molecule has 3 amide bonds. The van der Waals surface area contributed by atoms with Gasteiger partial charge in [-0.2, -0.15) is 0 Å². The van der Waals surface area contributed by atoms with Gasteiger partial charge < -0.3 is 10.6 Å². The summed E-state index contributed by atoms with van der Waals surface area (Å²) in [6.45, 7) is 2.47. The second-order valence-corrected chi connectivity index (χ2v) is 5.28. The van der Waals surface area contributed by atoms with Gasteiger partial charge in [-0.3, -0.25) is 10.1 Å². The van der Waals surface area contributed by atoms with Gasteiger partial charge in [0, 0.05) is 5.56 Å². The van der Waals surface area contributed by atoms with Crippen molar-refractivity contribution in [2.75, 3.05) is 7.05 Å². The first-order valence-electron chi connectivity index (χ1n) is 6.87. The van der Waals surface area contributed by atoms with Gasteiger partial charge in [-0.1, -0.05) is 36.4 Å². The van der Waals surface area contributed by atoms with E-state index in [0.29, 0.717) is 6.54 Å². The van der Waals surface area contributed by atoms with Gasteiger partial charge >= 0.3 is 6.03 Å². The van der Waals surface area contributed by atoms with Crippen molar-refractivity contribution in [1.82, 2.24) is 5.32 Å². The quantitative estimate of drug-likeness (QED) is 0.762. The Morgan fingerprint density at radius 2 is 1.86 bits per heavy atom. The van der Waals surface area contributed by atoms with Crippen LogP contribution in [-0.4, -0.2) is 25.0 Å². The molecule has 2 aromatic rings. The molecule has 0 fully saturated rings. The van der Waals surface area contributed by atoms with Crippen LogP contribution in [0.3, 0.4) is 0 Å². The largest absolute Gasteiger partial charge is 0.351 e. The summed E-state index contributed by atoms with van der Waals surface area (Å²) in [4.78, 5) is 23.5. The molecule has 0 spiro atoms. The number of carbonyl (C=O) groups excluding carboxylic acids is 2. The Kier molecular flexibility index (Phi) is 4.55. The zero-order chi connectivity index (χ0) is 15.4. The zero-order valence-corrected chi connectivity index (χ0v) is 12.2. The van der Waals surface area contributed by atoms with E-state index in [9.17, 15) is 9.59 Å². The molecular weight excluding hydrogens is 266 g/mol. The van der Waals surface area contributed by atoms with Crippen molar-refractivity contribution in [3.05, 3.63) is 48.0 Å². The monoisotopic (exact) mass is 286 g/mol. The lowest BCUT2D eigenvalue weighted by Gasteiger charge is -2.20. The van der Waals surface area contributed by atoms with Crippen LogP contribution in [0.5, 0.6) is 0 Å². The predicted molar refractivity (Wildman–Crippen MR) is 81.7 cm³/mol. The second kappa shape index (κ2) is 6.37. The minimum atomic E-state index is -0.814.